The molecule has 0 saturated heterocycles. The van der Waals surface area contributed by atoms with Gasteiger partial charge in [-0.1, -0.05) is 47.5 Å². The van der Waals surface area contributed by atoms with Gasteiger partial charge in [-0.2, -0.15) is 0 Å². The van der Waals surface area contributed by atoms with E-state index in [4.69, 9.17) is 28.9 Å². The number of fused-ring (bicyclic) bond motifs is 2. The summed E-state index contributed by atoms with van der Waals surface area (Å²) in [5.74, 6) is -0.694. The van der Waals surface area contributed by atoms with Crippen LogP contribution in [0.25, 0.3) is 10.2 Å². The van der Waals surface area contributed by atoms with E-state index in [1.54, 1.807) is 13.1 Å². The van der Waals surface area contributed by atoms with E-state index in [0.29, 0.717) is 27.0 Å². The number of rotatable bonds is 5. The van der Waals surface area contributed by atoms with Crippen LogP contribution in [-0.4, -0.2) is 52.5 Å². The van der Waals surface area contributed by atoms with Gasteiger partial charge in [-0.15, -0.1) is 11.3 Å². The molecule has 4 rings (SSSR count). The van der Waals surface area contributed by atoms with Gasteiger partial charge >= 0.3 is 0 Å². The van der Waals surface area contributed by atoms with E-state index in [-0.39, 0.29) is 17.9 Å². The average Bonchev–Trinajstić information content (AvgIpc) is 3.39. The number of nitrogens with one attached hydrogen (secondary N) is 2. The molecule has 0 bridgehead atoms. The van der Waals surface area contributed by atoms with Crippen LogP contribution >= 0.6 is 34.5 Å². The minimum absolute atomic E-state index is 0.305. The van der Waals surface area contributed by atoms with Crippen LogP contribution in [0, 0.1) is 0 Å². The van der Waals surface area contributed by atoms with Gasteiger partial charge in [-0.05, 0) is 23.6 Å². The topological polar surface area (TPSA) is 111 Å². The molecule has 30 heavy (non-hydrogen) atoms. The predicted molar refractivity (Wildman–Crippen MR) is 118 cm³/mol. The Kier molecular flexibility index (Phi) is 5.78. The van der Waals surface area contributed by atoms with Crippen LogP contribution in [0.3, 0.4) is 0 Å². The fourth-order valence-corrected chi connectivity index (χ4v) is 5.43. The first-order chi connectivity index (χ1) is 14.3. The van der Waals surface area contributed by atoms with Gasteiger partial charge in [0.2, 0.25) is 5.91 Å². The zero-order valence-electron chi connectivity index (χ0n) is 16.0. The molecule has 0 fully saturated rings. The third-order valence-electron chi connectivity index (χ3n) is 5.41. The molecular weight excluding hydrogens is 447 g/mol. The Hall–Kier alpha value is -2.10. The molecule has 2 heterocycles. The van der Waals surface area contributed by atoms with Crippen molar-refractivity contribution >= 4 is 56.6 Å². The summed E-state index contributed by atoms with van der Waals surface area (Å²) in [4.78, 5) is 30.1. The number of aromatic nitrogens is 1. The molecule has 1 aliphatic rings. The SMILES string of the molecule is CN(C(=O)[C@@H](N)CO)[C@H]1c2ccccc2C[C@H]1NC(=O)c1cc2sc(Cl)c(Cl)c2[nH]1. The summed E-state index contributed by atoms with van der Waals surface area (Å²) >= 11 is 13.5. The molecule has 3 aromatic rings. The number of aliphatic hydroxyl groups is 1. The predicted octanol–water partition coefficient (Wildman–Crippen LogP) is 2.71. The highest BCUT2D eigenvalue weighted by atomic mass is 35.5. The number of nitrogens with two attached hydrogens (primary N) is 1. The van der Waals surface area contributed by atoms with Crippen LogP contribution in [0.5, 0.6) is 0 Å². The number of benzene rings is 1. The fourth-order valence-electron chi connectivity index (χ4n) is 3.95. The Morgan fingerprint density at radius 3 is 2.83 bits per heavy atom. The van der Waals surface area contributed by atoms with Crippen LogP contribution in [0.1, 0.15) is 27.7 Å². The van der Waals surface area contributed by atoms with Crippen molar-refractivity contribution in [2.24, 2.45) is 5.73 Å². The summed E-state index contributed by atoms with van der Waals surface area (Å²) in [5, 5.41) is 12.7. The number of aliphatic hydroxyl groups excluding tert-OH is 1. The number of nitrogens with zero attached hydrogens (tertiary/aromatic N) is 1. The Morgan fingerprint density at radius 2 is 2.13 bits per heavy atom. The lowest BCUT2D eigenvalue weighted by atomic mass is 10.0. The molecule has 158 valence electrons. The number of hydrogen-bond acceptors (Lipinski definition) is 5. The maximum absolute atomic E-state index is 13.0. The number of halogens is 2. The minimum Gasteiger partial charge on any atom is -0.394 e. The van der Waals surface area contributed by atoms with E-state index in [0.717, 1.165) is 15.8 Å². The number of carbonyl (C=O) groups is 2. The largest absolute Gasteiger partial charge is 0.394 e. The summed E-state index contributed by atoms with van der Waals surface area (Å²) in [6.45, 7) is -0.447. The normalized spacial score (nSPS) is 19.0. The van der Waals surface area contributed by atoms with Crippen molar-refractivity contribution in [1.29, 1.82) is 0 Å². The van der Waals surface area contributed by atoms with Gasteiger partial charge < -0.3 is 26.0 Å². The standard InChI is InChI=1S/C20H20Cl2N4O3S/c1-26(20(29)11(23)8-27)17-10-5-3-2-4-9(10)6-12(17)25-19(28)13-7-14-16(24-13)15(21)18(22)30-14/h2-5,7,11-12,17,24,27H,6,8,23H2,1H3,(H,25,28)/t11-,12+,17-/m0/s1. The number of carbonyl (C=O) groups excluding carboxylic acids is 2. The van der Waals surface area contributed by atoms with Crippen LogP contribution in [0.4, 0.5) is 0 Å². The molecule has 2 aromatic heterocycles. The van der Waals surface area contributed by atoms with E-state index in [2.05, 4.69) is 10.3 Å². The number of aromatic amines is 1. The molecule has 0 unspecified atom stereocenters. The first-order valence-electron chi connectivity index (χ1n) is 9.30. The van der Waals surface area contributed by atoms with E-state index < -0.39 is 18.7 Å². The quantitative estimate of drug-likeness (QED) is 0.462. The zero-order valence-corrected chi connectivity index (χ0v) is 18.3. The molecule has 7 nitrogen and oxygen atoms in total. The fraction of sp³-hybridized carbons (Fsp3) is 0.300. The lowest BCUT2D eigenvalue weighted by Gasteiger charge is -2.32. The Morgan fingerprint density at radius 1 is 1.40 bits per heavy atom. The van der Waals surface area contributed by atoms with Crippen molar-refractivity contribution in [3.63, 3.8) is 0 Å². The van der Waals surface area contributed by atoms with Gasteiger partial charge in [-0.25, -0.2) is 0 Å². The summed E-state index contributed by atoms with van der Waals surface area (Å²) in [5.41, 5.74) is 8.74. The van der Waals surface area contributed by atoms with E-state index in [9.17, 15) is 14.7 Å². The molecule has 10 heteroatoms. The van der Waals surface area contributed by atoms with E-state index in [1.807, 2.05) is 24.3 Å². The van der Waals surface area contributed by atoms with Gasteiger partial charge in [0.15, 0.2) is 0 Å². The summed E-state index contributed by atoms with van der Waals surface area (Å²) in [6.07, 6.45) is 0.570. The monoisotopic (exact) mass is 466 g/mol. The van der Waals surface area contributed by atoms with Crippen LogP contribution < -0.4 is 11.1 Å². The molecule has 0 aliphatic heterocycles. The van der Waals surface area contributed by atoms with Gasteiger partial charge in [0.1, 0.15) is 16.1 Å². The first kappa shape index (κ1) is 21.1. The maximum Gasteiger partial charge on any atom is 0.268 e. The second kappa shape index (κ2) is 8.20. The summed E-state index contributed by atoms with van der Waals surface area (Å²) in [6, 6.07) is 7.68. The highest BCUT2D eigenvalue weighted by Gasteiger charge is 2.39. The lowest BCUT2D eigenvalue weighted by molar-refractivity contribution is -0.134. The smallest absolute Gasteiger partial charge is 0.268 e. The van der Waals surface area contributed by atoms with Crippen LogP contribution in [0.15, 0.2) is 30.3 Å². The Labute approximate surface area is 186 Å². The molecule has 2 amide bonds. The number of thiophene rings is 1. The summed E-state index contributed by atoms with van der Waals surface area (Å²) in [7, 11) is 1.64. The molecule has 0 saturated carbocycles. The van der Waals surface area contributed by atoms with Crippen LogP contribution in [-0.2, 0) is 11.2 Å². The molecule has 0 radical (unpaired) electrons. The van der Waals surface area contributed by atoms with E-state index >= 15 is 0 Å². The zero-order chi connectivity index (χ0) is 21.6. The average molecular weight is 467 g/mol. The molecule has 5 N–H and O–H groups in total. The van der Waals surface area contributed by atoms with Gasteiger partial charge in [0.05, 0.1) is 33.9 Å². The molecular formula is C20H20Cl2N4O3S. The molecule has 3 atom stereocenters. The van der Waals surface area contributed by atoms with Crippen molar-refractivity contribution < 1.29 is 14.7 Å². The third kappa shape index (κ3) is 3.59. The van der Waals surface area contributed by atoms with E-state index in [1.165, 1.54) is 16.2 Å². The second-order valence-electron chi connectivity index (χ2n) is 7.28. The van der Waals surface area contributed by atoms with Crippen molar-refractivity contribution in [2.45, 2.75) is 24.5 Å². The third-order valence-corrected chi connectivity index (χ3v) is 7.34. The van der Waals surface area contributed by atoms with Crippen molar-refractivity contribution in [1.82, 2.24) is 15.2 Å². The Bertz CT molecular complexity index is 1130. The molecule has 0 spiro atoms. The van der Waals surface area contributed by atoms with Gasteiger partial charge in [0, 0.05) is 7.05 Å². The highest BCUT2D eigenvalue weighted by molar-refractivity contribution is 7.23. The van der Waals surface area contributed by atoms with Crippen molar-refractivity contribution in [3.8, 4) is 0 Å². The molecule has 1 aliphatic carbocycles. The maximum atomic E-state index is 13.0. The van der Waals surface area contributed by atoms with Gasteiger partial charge in [-0.3, -0.25) is 9.59 Å². The first-order valence-corrected chi connectivity index (χ1v) is 10.9. The lowest BCUT2D eigenvalue weighted by Crippen LogP contribution is -2.50. The second-order valence-corrected chi connectivity index (χ2v) is 9.31. The number of amides is 2. The minimum atomic E-state index is -1.01. The number of H-pyrrole nitrogens is 1. The highest BCUT2D eigenvalue weighted by Crippen LogP contribution is 2.39. The summed E-state index contributed by atoms with van der Waals surface area (Å²) < 4.78 is 1.26. The number of likely N-dealkylation sites (N-methyl/N-ethyl adjacent to an activating group) is 1. The van der Waals surface area contributed by atoms with Gasteiger partial charge in [0.25, 0.3) is 5.91 Å². The van der Waals surface area contributed by atoms with Crippen LogP contribution in [0.2, 0.25) is 9.36 Å². The van der Waals surface area contributed by atoms with Crippen molar-refractivity contribution in [2.75, 3.05) is 13.7 Å². The Balaban J connectivity index is 1.61. The molecule has 1 aromatic carbocycles. The number of hydrogen-bond donors (Lipinski definition) is 4. The van der Waals surface area contributed by atoms with Crippen molar-refractivity contribution in [3.05, 3.63) is 56.5 Å².